The van der Waals surface area contributed by atoms with E-state index in [9.17, 15) is 22.8 Å². The fraction of sp³-hybridized carbons (Fsp3) is 0.208. The first kappa shape index (κ1) is 22.8. The number of hydrogen-bond acceptors (Lipinski definition) is 4. The van der Waals surface area contributed by atoms with E-state index in [2.05, 4.69) is 4.98 Å². The second kappa shape index (κ2) is 9.23. The molecule has 4 rings (SSSR count). The lowest BCUT2D eigenvalue weighted by atomic mass is 9.88. The van der Waals surface area contributed by atoms with Gasteiger partial charge in [-0.3, -0.25) is 9.78 Å². The van der Waals surface area contributed by atoms with Gasteiger partial charge in [0.2, 0.25) is 5.91 Å². The van der Waals surface area contributed by atoms with E-state index in [1.807, 2.05) is 6.07 Å². The SMILES string of the molecule is O=C(CC(c1ccc(Cl)cc1)c1cncc(C(F)(F)F)c1)N1C(=O)OCC1c1ccccc1. The normalized spacial score (nSPS) is 17.0. The van der Waals surface area contributed by atoms with E-state index in [-0.39, 0.29) is 18.6 Å². The smallest absolute Gasteiger partial charge is 0.417 e. The van der Waals surface area contributed by atoms with Crippen molar-refractivity contribution in [3.8, 4) is 0 Å². The molecular formula is C24H18ClF3N2O3. The second-order valence-corrected chi connectivity index (χ2v) is 8.02. The van der Waals surface area contributed by atoms with Crippen LogP contribution in [0.1, 0.15) is 40.6 Å². The maximum atomic E-state index is 13.3. The summed E-state index contributed by atoms with van der Waals surface area (Å²) in [5.74, 6) is -1.35. The number of cyclic esters (lactones) is 1. The Morgan fingerprint density at radius 3 is 2.45 bits per heavy atom. The summed E-state index contributed by atoms with van der Waals surface area (Å²) < 4.78 is 45.0. The molecule has 1 fully saturated rings. The molecule has 9 heteroatoms. The molecular weight excluding hydrogens is 457 g/mol. The number of hydrogen-bond donors (Lipinski definition) is 0. The lowest BCUT2D eigenvalue weighted by molar-refractivity contribution is -0.137. The minimum Gasteiger partial charge on any atom is -0.446 e. The van der Waals surface area contributed by atoms with Gasteiger partial charge in [-0.05, 0) is 34.9 Å². The topological polar surface area (TPSA) is 59.5 Å². The molecule has 1 saturated heterocycles. The molecule has 0 spiro atoms. The molecule has 1 aliphatic heterocycles. The lowest BCUT2D eigenvalue weighted by Gasteiger charge is -2.24. The first-order valence-corrected chi connectivity index (χ1v) is 10.4. The third kappa shape index (κ3) is 5.01. The molecule has 2 unspecified atom stereocenters. The van der Waals surface area contributed by atoms with Crippen molar-refractivity contribution < 1.29 is 27.5 Å². The molecule has 0 bridgehead atoms. The number of carbonyl (C=O) groups excluding carboxylic acids is 2. The van der Waals surface area contributed by atoms with Crippen LogP contribution in [0.25, 0.3) is 0 Å². The van der Waals surface area contributed by atoms with Crippen LogP contribution in [-0.4, -0.2) is 28.5 Å². The minimum absolute atomic E-state index is 0.00527. The van der Waals surface area contributed by atoms with Gasteiger partial charge in [0.1, 0.15) is 12.6 Å². The van der Waals surface area contributed by atoms with Crippen LogP contribution in [0.2, 0.25) is 5.02 Å². The van der Waals surface area contributed by atoms with Gasteiger partial charge in [0.05, 0.1) is 5.56 Å². The zero-order chi connectivity index (χ0) is 23.6. The third-order valence-electron chi connectivity index (χ3n) is 5.47. The number of pyridine rings is 1. The highest BCUT2D eigenvalue weighted by Crippen LogP contribution is 2.36. The fourth-order valence-electron chi connectivity index (χ4n) is 3.82. The number of carbonyl (C=O) groups is 2. The molecule has 5 nitrogen and oxygen atoms in total. The van der Waals surface area contributed by atoms with Gasteiger partial charge in [-0.15, -0.1) is 0 Å². The van der Waals surface area contributed by atoms with Gasteiger partial charge in [0.25, 0.3) is 0 Å². The van der Waals surface area contributed by atoms with Crippen molar-refractivity contribution in [1.29, 1.82) is 0 Å². The number of benzene rings is 2. The van der Waals surface area contributed by atoms with Crippen LogP contribution in [0.15, 0.2) is 73.1 Å². The maximum Gasteiger partial charge on any atom is 0.417 e. The zero-order valence-corrected chi connectivity index (χ0v) is 17.9. The number of imide groups is 1. The standard InChI is InChI=1S/C24H18ClF3N2O3/c25-19-8-6-15(7-9-19)20(17-10-18(13-29-12-17)24(26,27)28)11-22(31)30-21(14-33-23(30)32)16-4-2-1-3-5-16/h1-10,12-13,20-21H,11,14H2. The van der Waals surface area contributed by atoms with Crippen LogP contribution in [0.4, 0.5) is 18.0 Å². The summed E-state index contributed by atoms with van der Waals surface area (Å²) in [6.45, 7) is 0.00527. The number of ether oxygens (including phenoxy) is 1. The quantitative estimate of drug-likeness (QED) is 0.455. The molecule has 3 aromatic rings. The van der Waals surface area contributed by atoms with Gasteiger partial charge in [-0.2, -0.15) is 13.2 Å². The van der Waals surface area contributed by atoms with Crippen molar-refractivity contribution in [2.45, 2.75) is 24.6 Å². The van der Waals surface area contributed by atoms with Gasteiger partial charge in [0.15, 0.2) is 0 Å². The second-order valence-electron chi connectivity index (χ2n) is 7.58. The molecule has 170 valence electrons. The summed E-state index contributed by atoms with van der Waals surface area (Å²) in [6.07, 6.45) is -3.62. The number of nitrogens with zero attached hydrogens (tertiary/aromatic N) is 2. The van der Waals surface area contributed by atoms with Crippen molar-refractivity contribution in [3.05, 3.63) is 100 Å². The Balaban J connectivity index is 1.69. The monoisotopic (exact) mass is 474 g/mol. The van der Waals surface area contributed by atoms with Crippen molar-refractivity contribution >= 4 is 23.6 Å². The number of alkyl halides is 3. The molecule has 1 aromatic heterocycles. The summed E-state index contributed by atoms with van der Waals surface area (Å²) in [5, 5.41) is 0.443. The molecule has 33 heavy (non-hydrogen) atoms. The fourth-order valence-corrected chi connectivity index (χ4v) is 3.94. The Bertz CT molecular complexity index is 1150. The first-order chi connectivity index (χ1) is 15.7. The molecule has 0 saturated carbocycles. The van der Waals surface area contributed by atoms with Crippen LogP contribution in [0, 0.1) is 0 Å². The van der Waals surface area contributed by atoms with Crippen LogP contribution in [0.5, 0.6) is 0 Å². The Kier molecular flexibility index (Phi) is 6.37. The molecule has 0 aliphatic carbocycles. The molecule has 2 aromatic carbocycles. The van der Waals surface area contributed by atoms with Gasteiger partial charge in [0, 0.05) is 29.8 Å². The largest absolute Gasteiger partial charge is 0.446 e. The van der Waals surface area contributed by atoms with Gasteiger partial charge in [-0.1, -0.05) is 54.1 Å². The number of rotatable bonds is 5. The van der Waals surface area contributed by atoms with E-state index in [1.54, 1.807) is 48.5 Å². The third-order valence-corrected chi connectivity index (χ3v) is 5.72. The van der Waals surface area contributed by atoms with Crippen LogP contribution in [-0.2, 0) is 15.7 Å². The predicted molar refractivity (Wildman–Crippen MR) is 115 cm³/mol. The van der Waals surface area contributed by atoms with Gasteiger partial charge < -0.3 is 4.74 Å². The van der Waals surface area contributed by atoms with Gasteiger partial charge in [-0.25, -0.2) is 9.69 Å². The Labute approximate surface area is 192 Å². The minimum atomic E-state index is -4.59. The van der Waals surface area contributed by atoms with Crippen molar-refractivity contribution in [2.24, 2.45) is 0 Å². The van der Waals surface area contributed by atoms with Crippen LogP contribution in [0.3, 0.4) is 0 Å². The lowest BCUT2D eigenvalue weighted by Crippen LogP contribution is -2.35. The highest BCUT2D eigenvalue weighted by molar-refractivity contribution is 6.30. The highest BCUT2D eigenvalue weighted by Gasteiger charge is 2.40. The molecule has 2 amide bonds. The van der Waals surface area contributed by atoms with E-state index in [0.717, 1.165) is 22.7 Å². The van der Waals surface area contributed by atoms with E-state index >= 15 is 0 Å². The molecule has 2 heterocycles. The molecule has 1 aliphatic rings. The van der Waals surface area contributed by atoms with E-state index in [4.69, 9.17) is 16.3 Å². The van der Waals surface area contributed by atoms with Crippen molar-refractivity contribution in [3.63, 3.8) is 0 Å². The van der Waals surface area contributed by atoms with Crippen LogP contribution >= 0.6 is 11.6 Å². The predicted octanol–water partition coefficient (Wildman–Crippen LogP) is 6.00. The Morgan fingerprint density at radius 2 is 1.79 bits per heavy atom. The number of halogens is 4. The number of amides is 2. The summed E-state index contributed by atoms with van der Waals surface area (Å²) >= 11 is 5.97. The van der Waals surface area contributed by atoms with Crippen molar-refractivity contribution in [1.82, 2.24) is 9.88 Å². The molecule has 2 atom stereocenters. The molecule has 0 radical (unpaired) electrons. The summed E-state index contributed by atoms with van der Waals surface area (Å²) in [5.41, 5.74) is 0.566. The summed E-state index contributed by atoms with van der Waals surface area (Å²) in [6, 6.07) is 15.7. The molecule has 0 N–H and O–H groups in total. The first-order valence-electron chi connectivity index (χ1n) is 10.1. The number of aromatic nitrogens is 1. The summed E-state index contributed by atoms with van der Waals surface area (Å²) in [7, 11) is 0. The zero-order valence-electron chi connectivity index (χ0n) is 17.1. The average Bonchev–Trinajstić information content (AvgIpc) is 3.20. The van der Waals surface area contributed by atoms with Crippen LogP contribution < -0.4 is 0 Å². The van der Waals surface area contributed by atoms with E-state index in [0.29, 0.717) is 10.6 Å². The van der Waals surface area contributed by atoms with Crippen molar-refractivity contribution in [2.75, 3.05) is 6.61 Å². The average molecular weight is 475 g/mol. The van der Waals surface area contributed by atoms with E-state index in [1.165, 1.54) is 6.20 Å². The van der Waals surface area contributed by atoms with Gasteiger partial charge >= 0.3 is 12.3 Å². The Morgan fingerprint density at radius 1 is 1.09 bits per heavy atom. The highest BCUT2D eigenvalue weighted by atomic mass is 35.5. The summed E-state index contributed by atoms with van der Waals surface area (Å²) in [4.78, 5) is 30.5. The Hall–Kier alpha value is -3.39. The van der Waals surface area contributed by atoms with E-state index < -0.39 is 35.7 Å². The maximum absolute atomic E-state index is 13.3.